The Kier molecular flexibility index (Phi) is 5.25. The quantitative estimate of drug-likeness (QED) is 0.441. The van der Waals surface area contributed by atoms with Crippen molar-refractivity contribution in [3.05, 3.63) is 68.7 Å². The highest BCUT2D eigenvalue weighted by Crippen LogP contribution is 2.33. The van der Waals surface area contributed by atoms with Gasteiger partial charge in [0.15, 0.2) is 0 Å². The molecule has 3 rings (SSSR count). The van der Waals surface area contributed by atoms with E-state index in [-0.39, 0.29) is 11.4 Å². The Labute approximate surface area is 170 Å². The number of nitrogens with one attached hydrogen (secondary N) is 2. The lowest BCUT2D eigenvalue weighted by molar-refractivity contribution is -0.385. The first-order valence-corrected chi connectivity index (χ1v) is 8.95. The van der Waals surface area contributed by atoms with E-state index in [0.29, 0.717) is 16.1 Å². The Hall–Kier alpha value is -3.46. The van der Waals surface area contributed by atoms with Crippen LogP contribution in [-0.4, -0.2) is 34.2 Å². The standard InChI is InChI=1S/C19H17ClN4O5/c1-11-7-8-12(9-15(11)24(28)29)21-16(25)10-23-17(26)19(2,22-18(23)27)13-5-3-4-6-14(13)20/h3-9H,10H2,1-2H3,(H,21,25)(H,22,27)/t19-/m0/s1. The van der Waals surface area contributed by atoms with Crippen LogP contribution in [0, 0.1) is 17.0 Å². The molecule has 1 aliphatic rings. The first-order chi connectivity index (χ1) is 13.6. The summed E-state index contributed by atoms with van der Waals surface area (Å²) in [6, 6.07) is 10.1. The molecule has 2 aromatic carbocycles. The second kappa shape index (κ2) is 7.51. The fourth-order valence-corrected chi connectivity index (χ4v) is 3.44. The number of nitrogens with zero attached hydrogens (tertiary/aromatic N) is 2. The van der Waals surface area contributed by atoms with Crippen LogP contribution in [0.4, 0.5) is 16.2 Å². The summed E-state index contributed by atoms with van der Waals surface area (Å²) >= 11 is 6.16. The number of carbonyl (C=O) groups excluding carboxylic acids is 3. The molecule has 1 aliphatic heterocycles. The number of amides is 4. The van der Waals surface area contributed by atoms with Gasteiger partial charge in [-0.25, -0.2) is 4.79 Å². The lowest BCUT2D eigenvalue weighted by Crippen LogP contribution is -2.42. The van der Waals surface area contributed by atoms with Gasteiger partial charge in [-0.3, -0.25) is 24.6 Å². The molecule has 1 heterocycles. The Balaban J connectivity index is 1.77. The number of hydrogen-bond acceptors (Lipinski definition) is 5. The molecule has 10 heteroatoms. The molecule has 0 saturated carbocycles. The van der Waals surface area contributed by atoms with Crippen LogP contribution >= 0.6 is 11.6 Å². The van der Waals surface area contributed by atoms with Crippen LogP contribution < -0.4 is 10.6 Å². The number of imide groups is 1. The Bertz CT molecular complexity index is 1040. The average Bonchev–Trinajstić information content (AvgIpc) is 2.87. The maximum Gasteiger partial charge on any atom is 0.325 e. The van der Waals surface area contributed by atoms with Gasteiger partial charge in [-0.2, -0.15) is 0 Å². The number of nitro groups is 1. The van der Waals surface area contributed by atoms with Crippen molar-refractivity contribution in [3.8, 4) is 0 Å². The number of hydrogen-bond donors (Lipinski definition) is 2. The maximum atomic E-state index is 12.9. The molecule has 0 radical (unpaired) electrons. The Morgan fingerprint density at radius 1 is 1.28 bits per heavy atom. The number of halogens is 1. The van der Waals surface area contributed by atoms with Gasteiger partial charge in [0.05, 0.1) is 4.92 Å². The van der Waals surface area contributed by atoms with Gasteiger partial charge >= 0.3 is 6.03 Å². The second-order valence-corrected chi connectivity index (χ2v) is 7.14. The molecular formula is C19H17ClN4O5. The molecule has 1 saturated heterocycles. The van der Waals surface area contributed by atoms with Crippen LogP contribution in [0.25, 0.3) is 0 Å². The summed E-state index contributed by atoms with van der Waals surface area (Å²) in [4.78, 5) is 48.8. The van der Waals surface area contributed by atoms with Crippen LogP contribution in [0.3, 0.4) is 0 Å². The fraction of sp³-hybridized carbons (Fsp3) is 0.211. The minimum atomic E-state index is -1.40. The zero-order valence-electron chi connectivity index (χ0n) is 15.6. The van der Waals surface area contributed by atoms with Crippen LogP contribution in [0.1, 0.15) is 18.1 Å². The molecule has 0 unspecified atom stereocenters. The Morgan fingerprint density at radius 2 is 1.97 bits per heavy atom. The summed E-state index contributed by atoms with van der Waals surface area (Å²) in [6.45, 7) is 2.54. The molecule has 0 aromatic heterocycles. The average molecular weight is 417 g/mol. The molecule has 29 heavy (non-hydrogen) atoms. The van der Waals surface area contributed by atoms with Crippen LogP contribution in [0.5, 0.6) is 0 Å². The number of urea groups is 1. The topological polar surface area (TPSA) is 122 Å². The monoisotopic (exact) mass is 416 g/mol. The van der Waals surface area contributed by atoms with E-state index in [0.717, 1.165) is 4.90 Å². The molecule has 1 fully saturated rings. The zero-order chi connectivity index (χ0) is 21.3. The van der Waals surface area contributed by atoms with Gasteiger partial charge in [-0.15, -0.1) is 0 Å². The van der Waals surface area contributed by atoms with E-state index in [1.807, 2.05) is 0 Å². The molecule has 9 nitrogen and oxygen atoms in total. The second-order valence-electron chi connectivity index (χ2n) is 6.73. The Morgan fingerprint density at radius 3 is 2.62 bits per heavy atom. The molecule has 0 bridgehead atoms. The van der Waals surface area contributed by atoms with E-state index in [1.54, 1.807) is 31.2 Å². The van der Waals surface area contributed by atoms with E-state index < -0.39 is 34.9 Å². The van der Waals surface area contributed by atoms with Crippen LogP contribution in [0.15, 0.2) is 42.5 Å². The summed E-state index contributed by atoms with van der Waals surface area (Å²) in [7, 11) is 0. The van der Waals surface area contributed by atoms with Gasteiger partial charge in [-0.1, -0.05) is 35.9 Å². The van der Waals surface area contributed by atoms with E-state index in [4.69, 9.17) is 11.6 Å². The number of rotatable bonds is 5. The zero-order valence-corrected chi connectivity index (χ0v) is 16.3. The number of nitro benzene ring substituents is 1. The molecule has 2 aromatic rings. The summed E-state index contributed by atoms with van der Waals surface area (Å²) in [5, 5.41) is 16.4. The molecule has 1 atom stereocenters. The molecule has 2 N–H and O–H groups in total. The highest BCUT2D eigenvalue weighted by atomic mass is 35.5. The van der Waals surface area contributed by atoms with Crippen molar-refractivity contribution >= 4 is 40.8 Å². The van der Waals surface area contributed by atoms with Gasteiger partial charge in [0.2, 0.25) is 5.91 Å². The van der Waals surface area contributed by atoms with Crippen molar-refractivity contribution in [2.45, 2.75) is 19.4 Å². The van der Waals surface area contributed by atoms with Gasteiger partial charge in [0.25, 0.3) is 11.6 Å². The molecule has 0 spiro atoms. The van der Waals surface area contributed by atoms with E-state index >= 15 is 0 Å². The smallest absolute Gasteiger partial charge is 0.324 e. The first kappa shape index (κ1) is 20.3. The van der Waals surface area contributed by atoms with Crippen molar-refractivity contribution in [2.75, 3.05) is 11.9 Å². The summed E-state index contributed by atoms with van der Waals surface area (Å²) < 4.78 is 0. The molecule has 150 valence electrons. The first-order valence-electron chi connectivity index (χ1n) is 8.57. The third-order valence-corrected chi connectivity index (χ3v) is 5.01. The minimum absolute atomic E-state index is 0.149. The minimum Gasteiger partial charge on any atom is -0.324 e. The number of benzene rings is 2. The SMILES string of the molecule is Cc1ccc(NC(=O)CN2C(=O)N[C@@](C)(c3ccccc3Cl)C2=O)cc1[N+](=O)[O-]. The van der Waals surface area contributed by atoms with Crippen molar-refractivity contribution in [1.29, 1.82) is 0 Å². The third-order valence-electron chi connectivity index (χ3n) is 4.68. The fourth-order valence-electron chi connectivity index (χ4n) is 3.12. The summed E-state index contributed by atoms with van der Waals surface area (Å²) in [5.41, 5.74) is -0.509. The highest BCUT2D eigenvalue weighted by Gasteiger charge is 2.50. The van der Waals surface area contributed by atoms with Crippen LogP contribution in [-0.2, 0) is 15.1 Å². The van der Waals surface area contributed by atoms with E-state index in [1.165, 1.54) is 25.1 Å². The molecule has 0 aliphatic carbocycles. The number of anilines is 1. The van der Waals surface area contributed by atoms with Gasteiger partial charge in [0.1, 0.15) is 12.1 Å². The summed E-state index contributed by atoms with van der Waals surface area (Å²) in [6.07, 6.45) is 0. The van der Waals surface area contributed by atoms with Crippen molar-refractivity contribution in [2.24, 2.45) is 0 Å². The lowest BCUT2D eigenvalue weighted by atomic mass is 9.92. The van der Waals surface area contributed by atoms with E-state index in [9.17, 15) is 24.5 Å². The number of carbonyl (C=O) groups is 3. The molecule has 4 amide bonds. The van der Waals surface area contributed by atoms with Crippen LogP contribution in [0.2, 0.25) is 5.02 Å². The summed E-state index contributed by atoms with van der Waals surface area (Å²) in [5.74, 6) is -1.30. The van der Waals surface area contributed by atoms with Crippen molar-refractivity contribution in [3.63, 3.8) is 0 Å². The maximum absolute atomic E-state index is 12.9. The highest BCUT2D eigenvalue weighted by molar-refractivity contribution is 6.32. The van der Waals surface area contributed by atoms with Gasteiger partial charge in [0, 0.05) is 27.9 Å². The predicted molar refractivity (Wildman–Crippen MR) is 106 cm³/mol. The largest absolute Gasteiger partial charge is 0.325 e. The van der Waals surface area contributed by atoms with Crippen molar-refractivity contribution < 1.29 is 19.3 Å². The lowest BCUT2D eigenvalue weighted by Gasteiger charge is -2.23. The molecular weight excluding hydrogens is 400 g/mol. The third kappa shape index (κ3) is 3.77. The number of aryl methyl sites for hydroxylation is 1. The van der Waals surface area contributed by atoms with Crippen molar-refractivity contribution in [1.82, 2.24) is 10.2 Å². The normalized spacial score (nSPS) is 18.5. The van der Waals surface area contributed by atoms with E-state index in [2.05, 4.69) is 10.6 Å². The van der Waals surface area contributed by atoms with Gasteiger partial charge in [-0.05, 0) is 26.0 Å². The van der Waals surface area contributed by atoms with Gasteiger partial charge < -0.3 is 10.6 Å². The predicted octanol–water partition coefficient (Wildman–Crippen LogP) is 2.96.